The van der Waals surface area contributed by atoms with Gasteiger partial charge in [-0.15, -0.1) is 0 Å². The minimum atomic E-state index is 0.0908. The second kappa shape index (κ2) is 8.48. The van der Waals surface area contributed by atoms with Crippen molar-refractivity contribution in [1.82, 2.24) is 4.90 Å². The summed E-state index contributed by atoms with van der Waals surface area (Å²) in [5.41, 5.74) is 5.66. The van der Waals surface area contributed by atoms with Crippen molar-refractivity contribution in [1.29, 1.82) is 0 Å². The Morgan fingerprint density at radius 3 is 2.83 bits per heavy atom. The monoisotopic (exact) mass is 256 g/mol. The molecular weight excluding hydrogens is 228 g/mol. The first-order valence-electron chi connectivity index (χ1n) is 7.30. The Hall–Kier alpha value is -0.610. The van der Waals surface area contributed by atoms with Gasteiger partial charge in [-0.1, -0.05) is 13.3 Å². The van der Waals surface area contributed by atoms with Crippen molar-refractivity contribution < 1.29 is 9.53 Å². The fraction of sp³-hybridized carbons (Fsp3) is 0.929. The summed E-state index contributed by atoms with van der Waals surface area (Å²) in [6, 6.07) is 0. The first kappa shape index (κ1) is 15.4. The molecule has 1 fully saturated rings. The number of carbonyl (C=O) groups is 1. The number of rotatable bonds is 7. The van der Waals surface area contributed by atoms with Gasteiger partial charge in [0, 0.05) is 32.7 Å². The maximum absolute atomic E-state index is 12.0. The van der Waals surface area contributed by atoms with Crippen molar-refractivity contribution in [3.05, 3.63) is 0 Å². The molecule has 1 saturated heterocycles. The van der Waals surface area contributed by atoms with Crippen molar-refractivity contribution in [3.8, 4) is 0 Å². The highest BCUT2D eigenvalue weighted by Crippen LogP contribution is 2.21. The molecule has 1 aliphatic rings. The molecule has 106 valence electrons. The van der Waals surface area contributed by atoms with Crippen LogP contribution in [0.2, 0.25) is 0 Å². The Balaban J connectivity index is 2.37. The molecule has 4 heteroatoms. The number of nitrogens with zero attached hydrogens (tertiary/aromatic N) is 1. The third-order valence-corrected chi connectivity index (χ3v) is 3.89. The van der Waals surface area contributed by atoms with Gasteiger partial charge in [0.25, 0.3) is 0 Å². The third-order valence-electron chi connectivity index (χ3n) is 3.89. The highest BCUT2D eigenvalue weighted by Gasteiger charge is 2.22. The molecule has 18 heavy (non-hydrogen) atoms. The fourth-order valence-electron chi connectivity index (χ4n) is 2.54. The van der Waals surface area contributed by atoms with Crippen molar-refractivity contribution in [2.24, 2.45) is 11.7 Å². The molecule has 0 radical (unpaired) electrons. The highest BCUT2D eigenvalue weighted by molar-refractivity contribution is 5.76. The molecule has 4 nitrogen and oxygen atoms in total. The Morgan fingerprint density at radius 2 is 2.22 bits per heavy atom. The van der Waals surface area contributed by atoms with E-state index in [1.54, 1.807) is 0 Å². The van der Waals surface area contributed by atoms with Gasteiger partial charge in [-0.3, -0.25) is 4.79 Å². The number of nitrogens with two attached hydrogens (primary N) is 1. The van der Waals surface area contributed by atoms with Crippen LogP contribution in [0.4, 0.5) is 0 Å². The summed E-state index contributed by atoms with van der Waals surface area (Å²) in [6.07, 6.45) is 5.04. The predicted molar refractivity (Wildman–Crippen MR) is 73.3 cm³/mol. The van der Waals surface area contributed by atoms with Gasteiger partial charge >= 0.3 is 0 Å². The van der Waals surface area contributed by atoms with Gasteiger partial charge in [0.05, 0.1) is 6.10 Å². The molecule has 0 aromatic rings. The lowest BCUT2D eigenvalue weighted by molar-refractivity contribution is -0.131. The second-order valence-corrected chi connectivity index (χ2v) is 5.08. The van der Waals surface area contributed by atoms with Crippen molar-refractivity contribution in [2.75, 3.05) is 26.2 Å². The molecule has 1 aliphatic heterocycles. The fourth-order valence-corrected chi connectivity index (χ4v) is 2.54. The van der Waals surface area contributed by atoms with Crippen LogP contribution in [0.25, 0.3) is 0 Å². The maximum atomic E-state index is 12.0. The van der Waals surface area contributed by atoms with Gasteiger partial charge in [0.1, 0.15) is 0 Å². The zero-order chi connectivity index (χ0) is 13.4. The second-order valence-electron chi connectivity index (χ2n) is 5.08. The van der Waals surface area contributed by atoms with Crippen LogP contribution in [0.1, 0.15) is 46.0 Å². The lowest BCUT2D eigenvalue weighted by Gasteiger charge is -2.23. The lowest BCUT2D eigenvalue weighted by Crippen LogP contribution is -2.35. The van der Waals surface area contributed by atoms with Gasteiger partial charge in [-0.05, 0) is 32.1 Å². The number of ether oxygens (including phenoxy) is 1. The van der Waals surface area contributed by atoms with Crippen LogP contribution in [-0.4, -0.2) is 43.2 Å². The molecular formula is C14H28N2O2. The van der Waals surface area contributed by atoms with E-state index in [9.17, 15) is 4.79 Å². The molecule has 2 atom stereocenters. The Labute approximate surface area is 111 Å². The number of hydrogen-bond acceptors (Lipinski definition) is 3. The molecule has 2 N–H and O–H groups in total. The zero-order valence-corrected chi connectivity index (χ0v) is 11.9. The van der Waals surface area contributed by atoms with E-state index in [4.69, 9.17) is 10.5 Å². The van der Waals surface area contributed by atoms with E-state index in [0.29, 0.717) is 25.5 Å². The summed E-state index contributed by atoms with van der Waals surface area (Å²) in [5, 5.41) is 0. The van der Waals surface area contributed by atoms with E-state index in [1.807, 2.05) is 11.8 Å². The van der Waals surface area contributed by atoms with E-state index < -0.39 is 0 Å². The van der Waals surface area contributed by atoms with Crippen LogP contribution in [-0.2, 0) is 9.53 Å². The number of hydrogen-bond donors (Lipinski definition) is 1. The third kappa shape index (κ3) is 4.94. The van der Waals surface area contributed by atoms with Crippen LogP contribution in [0.5, 0.6) is 0 Å². The topological polar surface area (TPSA) is 55.6 Å². The van der Waals surface area contributed by atoms with Crippen molar-refractivity contribution >= 4 is 5.91 Å². The van der Waals surface area contributed by atoms with Crippen LogP contribution >= 0.6 is 0 Å². The smallest absolute Gasteiger partial charge is 0.222 e. The number of amides is 1. The summed E-state index contributed by atoms with van der Waals surface area (Å²) in [5.74, 6) is 1.02. The predicted octanol–water partition coefficient (Wildman–Crippen LogP) is 1.78. The van der Waals surface area contributed by atoms with Gasteiger partial charge in [0.2, 0.25) is 5.91 Å². The summed E-state index contributed by atoms with van der Waals surface area (Å²) < 4.78 is 5.53. The summed E-state index contributed by atoms with van der Waals surface area (Å²) in [4.78, 5) is 14.0. The molecule has 2 unspecified atom stereocenters. The van der Waals surface area contributed by atoms with Crippen molar-refractivity contribution in [3.63, 3.8) is 0 Å². The first-order chi connectivity index (χ1) is 8.71. The van der Waals surface area contributed by atoms with Crippen LogP contribution in [0.15, 0.2) is 0 Å². The number of carbonyl (C=O) groups excluding carboxylic acids is 1. The average Bonchev–Trinajstić information content (AvgIpc) is 2.57. The van der Waals surface area contributed by atoms with Gasteiger partial charge in [0.15, 0.2) is 0 Å². The maximum Gasteiger partial charge on any atom is 0.222 e. The van der Waals surface area contributed by atoms with Gasteiger partial charge in [-0.25, -0.2) is 0 Å². The van der Waals surface area contributed by atoms with Crippen LogP contribution in [0.3, 0.4) is 0 Å². The van der Waals surface area contributed by atoms with E-state index in [-0.39, 0.29) is 6.10 Å². The largest absolute Gasteiger partial charge is 0.377 e. The minimum Gasteiger partial charge on any atom is -0.377 e. The lowest BCUT2D eigenvalue weighted by atomic mass is 9.98. The molecule has 0 aromatic heterocycles. The quantitative estimate of drug-likeness (QED) is 0.755. The SMILES string of the molecule is CCOC(CN)CCN1CCC(CC)CCC1=O. The molecule has 0 spiro atoms. The average molecular weight is 256 g/mol. The summed E-state index contributed by atoms with van der Waals surface area (Å²) >= 11 is 0. The highest BCUT2D eigenvalue weighted by atomic mass is 16.5. The molecule has 0 saturated carbocycles. The van der Waals surface area contributed by atoms with Crippen LogP contribution < -0.4 is 5.73 Å². The number of likely N-dealkylation sites (tertiary alicyclic amines) is 1. The Bertz CT molecular complexity index is 246. The molecule has 0 bridgehead atoms. The Kier molecular flexibility index (Phi) is 7.28. The summed E-state index contributed by atoms with van der Waals surface area (Å²) in [7, 11) is 0. The molecule has 1 rings (SSSR count). The zero-order valence-electron chi connectivity index (χ0n) is 11.9. The van der Waals surface area contributed by atoms with E-state index in [2.05, 4.69) is 6.92 Å². The summed E-state index contributed by atoms with van der Waals surface area (Å²) in [6.45, 7) is 7.11. The molecule has 0 aliphatic carbocycles. The molecule has 1 amide bonds. The standard InChI is InChI=1S/C14H28N2O2/c1-3-12-5-6-14(17)16(9-7-12)10-8-13(11-15)18-4-2/h12-13H,3-11,15H2,1-2H3. The van der Waals surface area contributed by atoms with Crippen LogP contribution in [0, 0.1) is 5.92 Å². The minimum absolute atomic E-state index is 0.0908. The van der Waals surface area contributed by atoms with Gasteiger partial charge in [-0.2, -0.15) is 0 Å². The van der Waals surface area contributed by atoms with Crippen molar-refractivity contribution in [2.45, 2.75) is 52.1 Å². The molecule has 1 heterocycles. The normalized spacial score (nSPS) is 22.9. The molecule has 0 aromatic carbocycles. The van der Waals surface area contributed by atoms with Gasteiger partial charge < -0.3 is 15.4 Å². The van der Waals surface area contributed by atoms with E-state index >= 15 is 0 Å². The first-order valence-corrected chi connectivity index (χ1v) is 7.30. The van der Waals surface area contributed by atoms with E-state index in [0.717, 1.165) is 38.3 Å². The van der Waals surface area contributed by atoms with E-state index in [1.165, 1.54) is 6.42 Å². The Morgan fingerprint density at radius 1 is 1.44 bits per heavy atom.